The third-order valence-corrected chi connectivity index (χ3v) is 11.9. The Balaban J connectivity index is 0.926. The van der Waals surface area contributed by atoms with Crippen molar-refractivity contribution in [2.24, 2.45) is 0 Å². The van der Waals surface area contributed by atoms with Crippen molar-refractivity contribution < 1.29 is 0 Å². The zero-order chi connectivity index (χ0) is 39.1. The topological polar surface area (TPSA) is 3.24 Å². The van der Waals surface area contributed by atoms with Gasteiger partial charge in [0, 0.05) is 22.5 Å². The van der Waals surface area contributed by atoms with Crippen LogP contribution in [0.4, 0.5) is 17.1 Å². The zero-order valence-electron chi connectivity index (χ0n) is 32.8. The number of hydrogen-bond acceptors (Lipinski definition) is 1. The highest BCUT2D eigenvalue weighted by atomic mass is 15.1. The minimum atomic E-state index is -0.171. The molecule has 276 valence electrons. The van der Waals surface area contributed by atoms with Crippen molar-refractivity contribution >= 4 is 17.1 Å². The standard InChI is InChI=1S/C57H43N/c1-57(2)55-38-49(48-28-26-45(27-29-48)44-22-18-42(19-23-44)40-12-6-3-7-13-40)32-36-53(55)54-37-35-52(39-56(54)57)58(50-16-10-5-11-17-50)51-33-30-47(31-34-51)46-24-20-43(21-25-46)41-14-8-4-9-15-41/h3-39H,1-2H3. The van der Waals surface area contributed by atoms with Gasteiger partial charge in [-0.3, -0.25) is 0 Å². The van der Waals surface area contributed by atoms with Gasteiger partial charge in [-0.25, -0.2) is 0 Å². The first-order valence-corrected chi connectivity index (χ1v) is 20.2. The third kappa shape index (κ3) is 6.51. The maximum Gasteiger partial charge on any atom is 0.0465 e. The lowest BCUT2D eigenvalue weighted by atomic mass is 9.81. The molecule has 0 amide bonds. The van der Waals surface area contributed by atoms with Crippen LogP contribution in [0.2, 0.25) is 0 Å². The van der Waals surface area contributed by atoms with Crippen molar-refractivity contribution in [3.63, 3.8) is 0 Å². The molecule has 0 bridgehead atoms. The lowest BCUT2D eigenvalue weighted by Crippen LogP contribution is -2.16. The Hall–Kier alpha value is -7.22. The molecule has 0 fully saturated rings. The number of hydrogen-bond donors (Lipinski definition) is 0. The number of anilines is 3. The van der Waals surface area contributed by atoms with Gasteiger partial charge in [0.15, 0.2) is 0 Å². The van der Waals surface area contributed by atoms with Crippen LogP contribution in [-0.2, 0) is 5.41 Å². The molecule has 0 radical (unpaired) electrons. The molecule has 0 saturated carbocycles. The molecule has 0 saturated heterocycles. The van der Waals surface area contributed by atoms with Gasteiger partial charge in [-0.1, -0.05) is 196 Å². The van der Waals surface area contributed by atoms with Gasteiger partial charge in [0.05, 0.1) is 0 Å². The van der Waals surface area contributed by atoms with E-state index in [1.54, 1.807) is 0 Å². The Morgan fingerprint density at radius 2 is 0.552 bits per heavy atom. The molecule has 1 heteroatoms. The Bertz CT molecular complexity index is 2840. The van der Waals surface area contributed by atoms with Crippen LogP contribution in [0.3, 0.4) is 0 Å². The van der Waals surface area contributed by atoms with E-state index in [1.165, 1.54) is 77.9 Å². The summed E-state index contributed by atoms with van der Waals surface area (Å²) in [6.45, 7) is 4.75. The van der Waals surface area contributed by atoms with E-state index in [0.717, 1.165) is 17.1 Å². The fourth-order valence-electron chi connectivity index (χ4n) is 8.70. The average Bonchev–Trinajstić information content (AvgIpc) is 3.52. The summed E-state index contributed by atoms with van der Waals surface area (Å²) in [5, 5.41) is 0. The summed E-state index contributed by atoms with van der Waals surface area (Å²) in [5.74, 6) is 0. The Morgan fingerprint density at radius 1 is 0.259 bits per heavy atom. The van der Waals surface area contributed by atoms with Crippen molar-refractivity contribution in [3.05, 3.63) is 236 Å². The number of rotatable bonds is 8. The molecule has 0 spiro atoms. The van der Waals surface area contributed by atoms with E-state index in [1.807, 2.05) is 0 Å². The van der Waals surface area contributed by atoms with Crippen molar-refractivity contribution in [1.29, 1.82) is 0 Å². The molecular formula is C57H43N. The largest absolute Gasteiger partial charge is 0.310 e. The summed E-state index contributed by atoms with van der Waals surface area (Å²) in [7, 11) is 0. The summed E-state index contributed by atoms with van der Waals surface area (Å²) in [5.41, 5.74) is 20.8. The maximum atomic E-state index is 2.42. The fraction of sp³-hybridized carbons (Fsp3) is 0.0526. The van der Waals surface area contributed by atoms with Crippen molar-refractivity contribution in [3.8, 4) is 66.8 Å². The van der Waals surface area contributed by atoms with Crippen LogP contribution in [0.1, 0.15) is 25.0 Å². The highest BCUT2D eigenvalue weighted by molar-refractivity contribution is 5.88. The Morgan fingerprint density at radius 3 is 1.00 bits per heavy atom. The quantitative estimate of drug-likeness (QED) is 0.150. The molecule has 9 aromatic rings. The van der Waals surface area contributed by atoms with Crippen molar-refractivity contribution in [2.75, 3.05) is 4.90 Å². The number of para-hydroxylation sites is 1. The molecular weight excluding hydrogens is 699 g/mol. The minimum absolute atomic E-state index is 0.171. The van der Waals surface area contributed by atoms with Crippen LogP contribution in [0.5, 0.6) is 0 Å². The molecule has 9 aromatic carbocycles. The predicted molar refractivity (Wildman–Crippen MR) is 246 cm³/mol. The van der Waals surface area contributed by atoms with E-state index < -0.39 is 0 Å². The van der Waals surface area contributed by atoms with Crippen LogP contribution in [-0.4, -0.2) is 0 Å². The van der Waals surface area contributed by atoms with Gasteiger partial charge >= 0.3 is 0 Å². The molecule has 10 rings (SSSR count). The van der Waals surface area contributed by atoms with Gasteiger partial charge in [-0.2, -0.15) is 0 Å². The molecule has 0 aromatic heterocycles. The number of fused-ring (bicyclic) bond motifs is 3. The number of nitrogens with zero attached hydrogens (tertiary/aromatic N) is 1. The van der Waals surface area contributed by atoms with Gasteiger partial charge in [0.1, 0.15) is 0 Å². The van der Waals surface area contributed by atoms with Crippen LogP contribution < -0.4 is 4.90 Å². The second-order valence-electron chi connectivity index (χ2n) is 15.8. The Labute approximate surface area is 342 Å². The average molecular weight is 742 g/mol. The first kappa shape index (κ1) is 35.2. The van der Waals surface area contributed by atoms with E-state index >= 15 is 0 Å². The molecule has 0 unspecified atom stereocenters. The van der Waals surface area contributed by atoms with E-state index in [2.05, 4.69) is 243 Å². The van der Waals surface area contributed by atoms with Crippen LogP contribution in [0.15, 0.2) is 224 Å². The van der Waals surface area contributed by atoms with Gasteiger partial charge in [0.25, 0.3) is 0 Å². The molecule has 1 nitrogen and oxygen atoms in total. The lowest BCUT2D eigenvalue weighted by molar-refractivity contribution is 0.660. The second-order valence-corrected chi connectivity index (χ2v) is 15.8. The van der Waals surface area contributed by atoms with Crippen LogP contribution in [0, 0.1) is 0 Å². The van der Waals surface area contributed by atoms with Crippen LogP contribution in [0.25, 0.3) is 66.8 Å². The van der Waals surface area contributed by atoms with Crippen molar-refractivity contribution in [2.45, 2.75) is 19.3 Å². The predicted octanol–water partition coefficient (Wildman–Crippen LogP) is 15.8. The molecule has 0 heterocycles. The maximum absolute atomic E-state index is 2.42. The van der Waals surface area contributed by atoms with Gasteiger partial charge < -0.3 is 4.90 Å². The molecule has 1 aliphatic carbocycles. The first-order chi connectivity index (χ1) is 28.5. The summed E-state index contributed by atoms with van der Waals surface area (Å²) < 4.78 is 0. The Kier molecular flexibility index (Phi) is 8.92. The summed E-state index contributed by atoms with van der Waals surface area (Å²) >= 11 is 0. The van der Waals surface area contributed by atoms with Gasteiger partial charge in [-0.15, -0.1) is 0 Å². The van der Waals surface area contributed by atoms with E-state index in [4.69, 9.17) is 0 Å². The van der Waals surface area contributed by atoms with Gasteiger partial charge in [0.2, 0.25) is 0 Å². The second kappa shape index (κ2) is 14.7. The van der Waals surface area contributed by atoms with Gasteiger partial charge in [-0.05, 0) is 120 Å². The molecule has 58 heavy (non-hydrogen) atoms. The molecule has 0 atom stereocenters. The highest BCUT2D eigenvalue weighted by Gasteiger charge is 2.36. The highest BCUT2D eigenvalue weighted by Crippen LogP contribution is 2.51. The smallest absolute Gasteiger partial charge is 0.0465 e. The number of benzene rings is 9. The fourth-order valence-corrected chi connectivity index (χ4v) is 8.70. The van der Waals surface area contributed by atoms with Crippen LogP contribution >= 0.6 is 0 Å². The lowest BCUT2D eigenvalue weighted by Gasteiger charge is -2.28. The third-order valence-electron chi connectivity index (χ3n) is 11.9. The first-order valence-electron chi connectivity index (χ1n) is 20.2. The zero-order valence-corrected chi connectivity index (χ0v) is 32.8. The molecule has 0 N–H and O–H groups in total. The van der Waals surface area contributed by atoms with E-state index in [9.17, 15) is 0 Å². The van der Waals surface area contributed by atoms with E-state index in [0.29, 0.717) is 0 Å². The molecule has 1 aliphatic rings. The summed E-state index contributed by atoms with van der Waals surface area (Å²) in [6, 6.07) is 81.6. The van der Waals surface area contributed by atoms with E-state index in [-0.39, 0.29) is 5.41 Å². The van der Waals surface area contributed by atoms with Crippen molar-refractivity contribution in [1.82, 2.24) is 0 Å². The summed E-state index contributed by atoms with van der Waals surface area (Å²) in [4.78, 5) is 2.38. The minimum Gasteiger partial charge on any atom is -0.310 e. The molecule has 0 aliphatic heterocycles. The summed E-state index contributed by atoms with van der Waals surface area (Å²) in [6.07, 6.45) is 0. The normalized spacial score (nSPS) is 12.4. The monoisotopic (exact) mass is 741 g/mol. The SMILES string of the molecule is CC1(C)c2cc(-c3ccc(-c4ccc(-c5ccccc5)cc4)cc3)ccc2-c2ccc(N(c3ccccc3)c3ccc(-c4ccc(-c5ccccc5)cc4)cc3)cc21.